The van der Waals surface area contributed by atoms with Gasteiger partial charge in [-0.2, -0.15) is 0 Å². The molecular weight excluding hydrogens is 350 g/mol. The fraction of sp³-hybridized carbons (Fsp3) is 0.0500. The van der Waals surface area contributed by atoms with E-state index in [9.17, 15) is 0 Å². The number of aliphatic imine (C=N–C) groups is 1. The fourth-order valence-electron chi connectivity index (χ4n) is 2.07. The zero-order valence-electron chi connectivity index (χ0n) is 12.5. The van der Waals surface area contributed by atoms with Gasteiger partial charge in [0.2, 0.25) is 0 Å². The smallest absolute Gasteiger partial charge is 0.119 e. The average Bonchev–Trinajstić information content (AvgIpc) is 2.61. The van der Waals surface area contributed by atoms with Gasteiger partial charge in [0.05, 0.1) is 5.69 Å². The number of benzene rings is 3. The van der Waals surface area contributed by atoms with Crippen LogP contribution in [0.5, 0.6) is 5.75 Å². The SMILES string of the molecule is Brc1ccc(N=Cc2ccc(OCc3ccccc3)cc2)cc1. The number of rotatable bonds is 5. The minimum atomic E-state index is 0.577. The Morgan fingerprint density at radius 3 is 2.22 bits per heavy atom. The van der Waals surface area contributed by atoms with Gasteiger partial charge in [0, 0.05) is 10.7 Å². The summed E-state index contributed by atoms with van der Waals surface area (Å²) in [4.78, 5) is 4.45. The van der Waals surface area contributed by atoms with Crippen molar-refractivity contribution in [3.63, 3.8) is 0 Å². The number of halogens is 1. The van der Waals surface area contributed by atoms with E-state index in [4.69, 9.17) is 4.74 Å². The average molecular weight is 366 g/mol. The summed E-state index contributed by atoms with van der Waals surface area (Å²) >= 11 is 3.42. The highest BCUT2D eigenvalue weighted by Crippen LogP contribution is 2.17. The van der Waals surface area contributed by atoms with Crippen LogP contribution in [0.3, 0.4) is 0 Å². The summed E-state index contributed by atoms with van der Waals surface area (Å²) in [5.41, 5.74) is 3.13. The Morgan fingerprint density at radius 2 is 1.52 bits per heavy atom. The van der Waals surface area contributed by atoms with E-state index >= 15 is 0 Å². The van der Waals surface area contributed by atoms with Crippen LogP contribution in [0, 0.1) is 0 Å². The summed E-state index contributed by atoms with van der Waals surface area (Å²) in [6.45, 7) is 0.577. The first-order chi connectivity index (χ1) is 11.3. The molecule has 3 rings (SSSR count). The molecule has 3 heteroatoms. The Kier molecular flexibility index (Phi) is 5.22. The van der Waals surface area contributed by atoms with E-state index in [0.717, 1.165) is 27.0 Å². The maximum absolute atomic E-state index is 5.77. The standard InChI is InChI=1S/C20H16BrNO/c21-18-8-10-19(11-9-18)22-14-16-6-12-20(13-7-16)23-15-17-4-2-1-3-5-17/h1-14H,15H2. The molecule has 0 radical (unpaired) electrons. The molecule has 0 fully saturated rings. The first kappa shape index (κ1) is 15.5. The lowest BCUT2D eigenvalue weighted by Crippen LogP contribution is -1.94. The van der Waals surface area contributed by atoms with E-state index in [1.807, 2.05) is 72.9 Å². The lowest BCUT2D eigenvalue weighted by Gasteiger charge is -2.06. The van der Waals surface area contributed by atoms with Crippen LogP contribution in [0.15, 0.2) is 88.3 Å². The van der Waals surface area contributed by atoms with Crippen LogP contribution in [0.25, 0.3) is 0 Å². The summed E-state index contributed by atoms with van der Waals surface area (Å²) in [5.74, 6) is 0.856. The van der Waals surface area contributed by atoms with E-state index in [1.54, 1.807) is 0 Å². The second kappa shape index (κ2) is 7.75. The van der Waals surface area contributed by atoms with Gasteiger partial charge in [-0.05, 0) is 59.7 Å². The quantitative estimate of drug-likeness (QED) is 0.525. The van der Waals surface area contributed by atoms with Crippen molar-refractivity contribution >= 4 is 27.8 Å². The van der Waals surface area contributed by atoms with Crippen molar-refractivity contribution in [1.82, 2.24) is 0 Å². The summed E-state index contributed by atoms with van der Waals surface area (Å²) in [5, 5.41) is 0. The van der Waals surface area contributed by atoms with Gasteiger partial charge in [-0.1, -0.05) is 46.3 Å². The molecule has 3 aromatic carbocycles. The van der Waals surface area contributed by atoms with Gasteiger partial charge < -0.3 is 4.74 Å². The van der Waals surface area contributed by atoms with Crippen molar-refractivity contribution in [2.45, 2.75) is 6.61 Å². The van der Waals surface area contributed by atoms with Crippen molar-refractivity contribution in [1.29, 1.82) is 0 Å². The van der Waals surface area contributed by atoms with Crippen LogP contribution >= 0.6 is 15.9 Å². The van der Waals surface area contributed by atoms with Gasteiger partial charge in [-0.15, -0.1) is 0 Å². The molecule has 0 saturated carbocycles. The van der Waals surface area contributed by atoms with Crippen LogP contribution in [-0.4, -0.2) is 6.21 Å². The third-order valence-corrected chi connectivity index (χ3v) is 3.85. The van der Waals surface area contributed by atoms with Crippen molar-refractivity contribution in [2.24, 2.45) is 4.99 Å². The number of ether oxygens (including phenoxy) is 1. The minimum Gasteiger partial charge on any atom is -0.489 e. The van der Waals surface area contributed by atoms with Gasteiger partial charge in [0.1, 0.15) is 12.4 Å². The van der Waals surface area contributed by atoms with E-state index in [2.05, 4.69) is 33.1 Å². The lowest BCUT2D eigenvalue weighted by atomic mass is 10.2. The molecule has 0 spiro atoms. The van der Waals surface area contributed by atoms with Gasteiger partial charge >= 0.3 is 0 Å². The van der Waals surface area contributed by atoms with Crippen molar-refractivity contribution < 1.29 is 4.74 Å². The Morgan fingerprint density at radius 1 is 0.826 bits per heavy atom. The number of hydrogen-bond acceptors (Lipinski definition) is 2. The number of hydrogen-bond donors (Lipinski definition) is 0. The van der Waals surface area contributed by atoms with Crippen molar-refractivity contribution in [3.05, 3.63) is 94.5 Å². The Labute approximate surface area is 144 Å². The first-order valence-electron chi connectivity index (χ1n) is 7.36. The van der Waals surface area contributed by atoms with E-state index in [1.165, 1.54) is 0 Å². The molecule has 0 aliphatic heterocycles. The summed E-state index contributed by atoms with van der Waals surface area (Å²) in [7, 11) is 0. The van der Waals surface area contributed by atoms with Gasteiger partial charge in [-0.3, -0.25) is 4.99 Å². The topological polar surface area (TPSA) is 21.6 Å². The molecule has 23 heavy (non-hydrogen) atoms. The molecule has 3 aromatic rings. The van der Waals surface area contributed by atoms with Crippen LogP contribution in [0.4, 0.5) is 5.69 Å². The van der Waals surface area contributed by atoms with E-state index in [-0.39, 0.29) is 0 Å². The monoisotopic (exact) mass is 365 g/mol. The second-order valence-electron chi connectivity index (χ2n) is 5.08. The van der Waals surface area contributed by atoms with Crippen molar-refractivity contribution in [2.75, 3.05) is 0 Å². The van der Waals surface area contributed by atoms with Crippen molar-refractivity contribution in [3.8, 4) is 5.75 Å². The minimum absolute atomic E-state index is 0.577. The zero-order chi connectivity index (χ0) is 15.9. The maximum atomic E-state index is 5.77. The molecule has 0 saturated heterocycles. The third kappa shape index (κ3) is 4.80. The molecule has 0 amide bonds. The fourth-order valence-corrected chi connectivity index (χ4v) is 2.33. The van der Waals surface area contributed by atoms with Crippen LogP contribution in [-0.2, 0) is 6.61 Å². The second-order valence-corrected chi connectivity index (χ2v) is 5.99. The first-order valence-corrected chi connectivity index (χ1v) is 8.15. The Balaban J connectivity index is 1.59. The molecule has 0 bridgehead atoms. The molecule has 0 atom stereocenters. The summed E-state index contributed by atoms with van der Waals surface area (Å²) in [6.07, 6.45) is 1.85. The Hall–Kier alpha value is -2.39. The Bertz CT molecular complexity index is 765. The maximum Gasteiger partial charge on any atom is 0.119 e. The van der Waals surface area contributed by atoms with Crippen LogP contribution in [0.1, 0.15) is 11.1 Å². The molecule has 0 unspecified atom stereocenters. The van der Waals surface area contributed by atoms with Gasteiger partial charge in [-0.25, -0.2) is 0 Å². The highest BCUT2D eigenvalue weighted by Gasteiger charge is 1.96. The van der Waals surface area contributed by atoms with E-state index < -0.39 is 0 Å². The molecular formula is C20H16BrNO. The highest BCUT2D eigenvalue weighted by atomic mass is 79.9. The van der Waals surface area contributed by atoms with Crippen LogP contribution < -0.4 is 4.74 Å². The predicted molar refractivity (Wildman–Crippen MR) is 98.6 cm³/mol. The van der Waals surface area contributed by atoms with Gasteiger partial charge in [0.15, 0.2) is 0 Å². The van der Waals surface area contributed by atoms with Crippen LogP contribution in [0.2, 0.25) is 0 Å². The predicted octanol–water partition coefficient (Wildman–Crippen LogP) is 5.78. The molecule has 0 aliphatic carbocycles. The third-order valence-electron chi connectivity index (χ3n) is 3.32. The lowest BCUT2D eigenvalue weighted by molar-refractivity contribution is 0.306. The summed E-state index contributed by atoms with van der Waals surface area (Å²) < 4.78 is 6.83. The zero-order valence-corrected chi connectivity index (χ0v) is 14.1. The number of nitrogens with zero attached hydrogens (tertiary/aromatic N) is 1. The largest absolute Gasteiger partial charge is 0.489 e. The molecule has 0 aliphatic rings. The van der Waals surface area contributed by atoms with E-state index in [0.29, 0.717) is 6.61 Å². The molecule has 0 aromatic heterocycles. The normalized spacial score (nSPS) is 10.8. The van der Waals surface area contributed by atoms with Gasteiger partial charge in [0.25, 0.3) is 0 Å². The molecule has 0 N–H and O–H groups in total. The molecule has 114 valence electrons. The summed E-state index contributed by atoms with van der Waals surface area (Å²) in [6, 6.07) is 26.0. The highest BCUT2D eigenvalue weighted by molar-refractivity contribution is 9.10. The molecule has 2 nitrogen and oxygen atoms in total. The molecule has 0 heterocycles.